The van der Waals surface area contributed by atoms with Crippen LogP contribution in [0.5, 0.6) is 5.75 Å². The van der Waals surface area contributed by atoms with Gasteiger partial charge in [-0.05, 0) is 24.3 Å². The standard InChI is InChI=1S/C14H12N4O4/c19-11-3-1-2-10(8-11)16-13(21)14(22)18-17-12(20)9-4-6-15-7-5-9/h1-8,19H,(H,16,21)(H,17,20)(H,18,22). The number of carbonyl (C=O) groups excluding carboxylic acids is 3. The van der Waals surface area contributed by atoms with E-state index in [-0.39, 0.29) is 17.0 Å². The van der Waals surface area contributed by atoms with Crippen molar-refractivity contribution in [3.8, 4) is 5.75 Å². The molecule has 0 radical (unpaired) electrons. The summed E-state index contributed by atoms with van der Waals surface area (Å²) in [4.78, 5) is 38.6. The Labute approximate surface area is 125 Å². The summed E-state index contributed by atoms with van der Waals surface area (Å²) in [5.74, 6) is -2.67. The van der Waals surface area contributed by atoms with Gasteiger partial charge in [0.05, 0.1) is 0 Å². The highest BCUT2D eigenvalue weighted by atomic mass is 16.3. The lowest BCUT2D eigenvalue weighted by Crippen LogP contribution is -2.46. The summed E-state index contributed by atoms with van der Waals surface area (Å²) in [5.41, 5.74) is 4.61. The maximum atomic E-state index is 11.7. The Bertz CT molecular complexity index is 703. The lowest BCUT2D eigenvalue weighted by molar-refractivity contribution is -0.136. The van der Waals surface area contributed by atoms with Gasteiger partial charge in [-0.2, -0.15) is 0 Å². The van der Waals surface area contributed by atoms with E-state index in [2.05, 4.69) is 15.7 Å². The Balaban J connectivity index is 1.87. The summed E-state index contributed by atoms with van der Waals surface area (Å²) in [6.07, 6.45) is 2.84. The molecule has 4 N–H and O–H groups in total. The molecule has 112 valence electrons. The number of benzene rings is 1. The van der Waals surface area contributed by atoms with E-state index in [4.69, 9.17) is 0 Å². The minimum atomic E-state index is -1.05. The minimum absolute atomic E-state index is 0.0517. The highest BCUT2D eigenvalue weighted by molar-refractivity contribution is 6.39. The second-order valence-corrected chi connectivity index (χ2v) is 4.15. The van der Waals surface area contributed by atoms with Crippen LogP contribution in [0, 0.1) is 0 Å². The van der Waals surface area contributed by atoms with E-state index >= 15 is 0 Å². The van der Waals surface area contributed by atoms with Crippen molar-refractivity contribution in [2.75, 3.05) is 5.32 Å². The van der Waals surface area contributed by atoms with Gasteiger partial charge in [-0.3, -0.25) is 30.2 Å². The summed E-state index contributed by atoms with van der Waals surface area (Å²) in [6, 6.07) is 8.61. The van der Waals surface area contributed by atoms with Gasteiger partial charge in [-0.25, -0.2) is 0 Å². The number of amides is 3. The van der Waals surface area contributed by atoms with Crippen LogP contribution in [0.2, 0.25) is 0 Å². The van der Waals surface area contributed by atoms with Crippen LogP contribution in [0.4, 0.5) is 5.69 Å². The molecule has 8 nitrogen and oxygen atoms in total. The molecular formula is C14H12N4O4. The van der Waals surface area contributed by atoms with Crippen LogP contribution in [0.3, 0.4) is 0 Å². The maximum Gasteiger partial charge on any atom is 0.328 e. The molecule has 0 atom stereocenters. The molecule has 2 rings (SSSR count). The number of hydrogen-bond acceptors (Lipinski definition) is 5. The van der Waals surface area contributed by atoms with Gasteiger partial charge in [0.25, 0.3) is 5.91 Å². The van der Waals surface area contributed by atoms with Crippen LogP contribution >= 0.6 is 0 Å². The Kier molecular flexibility index (Phi) is 4.66. The van der Waals surface area contributed by atoms with E-state index in [1.807, 2.05) is 5.43 Å². The molecule has 0 aliphatic rings. The molecule has 0 saturated heterocycles. The number of hydrogen-bond donors (Lipinski definition) is 4. The van der Waals surface area contributed by atoms with Crippen molar-refractivity contribution < 1.29 is 19.5 Å². The zero-order valence-corrected chi connectivity index (χ0v) is 11.2. The summed E-state index contributed by atoms with van der Waals surface area (Å²) in [6.45, 7) is 0. The molecule has 0 unspecified atom stereocenters. The second kappa shape index (κ2) is 6.84. The highest BCUT2D eigenvalue weighted by Gasteiger charge is 2.15. The first-order valence-electron chi connectivity index (χ1n) is 6.17. The number of carbonyl (C=O) groups is 3. The molecule has 22 heavy (non-hydrogen) atoms. The normalized spacial score (nSPS) is 9.64. The predicted molar refractivity (Wildman–Crippen MR) is 76.6 cm³/mol. The third-order valence-electron chi connectivity index (χ3n) is 2.54. The number of nitrogens with zero attached hydrogens (tertiary/aromatic N) is 1. The van der Waals surface area contributed by atoms with Gasteiger partial charge in [0.15, 0.2) is 0 Å². The Hall–Kier alpha value is -3.42. The Morgan fingerprint density at radius 3 is 2.36 bits per heavy atom. The molecule has 0 spiro atoms. The fourth-order valence-electron chi connectivity index (χ4n) is 1.52. The van der Waals surface area contributed by atoms with Crippen molar-refractivity contribution in [1.29, 1.82) is 0 Å². The molecule has 1 aromatic heterocycles. The third kappa shape index (κ3) is 4.04. The van der Waals surface area contributed by atoms with Gasteiger partial charge in [0.2, 0.25) is 0 Å². The largest absolute Gasteiger partial charge is 0.508 e. The van der Waals surface area contributed by atoms with Crippen molar-refractivity contribution in [3.05, 3.63) is 54.4 Å². The van der Waals surface area contributed by atoms with Crippen molar-refractivity contribution >= 4 is 23.4 Å². The van der Waals surface area contributed by atoms with Crippen molar-refractivity contribution in [2.45, 2.75) is 0 Å². The topological polar surface area (TPSA) is 120 Å². The zero-order chi connectivity index (χ0) is 15.9. The van der Waals surface area contributed by atoms with E-state index in [9.17, 15) is 19.5 Å². The fraction of sp³-hybridized carbons (Fsp3) is 0. The number of aromatic hydroxyl groups is 1. The van der Waals surface area contributed by atoms with Gasteiger partial charge in [-0.1, -0.05) is 6.07 Å². The highest BCUT2D eigenvalue weighted by Crippen LogP contribution is 2.14. The molecule has 0 bridgehead atoms. The Morgan fingerprint density at radius 1 is 0.955 bits per heavy atom. The minimum Gasteiger partial charge on any atom is -0.508 e. The van der Waals surface area contributed by atoms with Crippen LogP contribution in [0.25, 0.3) is 0 Å². The molecule has 2 aromatic rings. The molecule has 0 aliphatic carbocycles. The number of rotatable bonds is 2. The summed E-state index contributed by atoms with van der Waals surface area (Å²) >= 11 is 0. The van der Waals surface area contributed by atoms with Crippen LogP contribution in [-0.2, 0) is 9.59 Å². The summed E-state index contributed by atoms with van der Waals surface area (Å²) < 4.78 is 0. The van der Waals surface area contributed by atoms with Gasteiger partial charge in [0.1, 0.15) is 5.75 Å². The van der Waals surface area contributed by atoms with E-state index in [0.717, 1.165) is 0 Å². The fourth-order valence-corrected chi connectivity index (χ4v) is 1.52. The number of nitrogens with one attached hydrogen (secondary N) is 3. The van der Waals surface area contributed by atoms with Crippen LogP contribution in [-0.4, -0.2) is 27.8 Å². The lowest BCUT2D eigenvalue weighted by atomic mass is 10.3. The molecule has 1 heterocycles. The number of pyridine rings is 1. The first-order valence-corrected chi connectivity index (χ1v) is 6.17. The van der Waals surface area contributed by atoms with Gasteiger partial charge in [-0.15, -0.1) is 0 Å². The van der Waals surface area contributed by atoms with Gasteiger partial charge in [0, 0.05) is 29.7 Å². The van der Waals surface area contributed by atoms with Crippen LogP contribution in [0.15, 0.2) is 48.8 Å². The van der Waals surface area contributed by atoms with Crippen molar-refractivity contribution in [2.24, 2.45) is 0 Å². The number of anilines is 1. The number of phenolic OH excluding ortho intramolecular Hbond substituents is 1. The SMILES string of the molecule is O=C(NNC(=O)c1ccncc1)C(=O)Nc1cccc(O)c1. The molecule has 0 aliphatic heterocycles. The monoisotopic (exact) mass is 300 g/mol. The van der Waals surface area contributed by atoms with Crippen molar-refractivity contribution in [1.82, 2.24) is 15.8 Å². The average Bonchev–Trinajstić information content (AvgIpc) is 2.53. The maximum absolute atomic E-state index is 11.7. The van der Waals surface area contributed by atoms with E-state index in [0.29, 0.717) is 0 Å². The Morgan fingerprint density at radius 2 is 1.68 bits per heavy atom. The first-order chi connectivity index (χ1) is 10.6. The summed E-state index contributed by atoms with van der Waals surface area (Å²) in [7, 11) is 0. The number of hydrazine groups is 1. The molecular weight excluding hydrogens is 288 g/mol. The molecule has 3 amide bonds. The molecule has 0 fully saturated rings. The van der Waals surface area contributed by atoms with E-state index < -0.39 is 17.7 Å². The van der Waals surface area contributed by atoms with E-state index in [1.165, 1.54) is 48.8 Å². The smallest absolute Gasteiger partial charge is 0.328 e. The van der Waals surface area contributed by atoms with Crippen LogP contribution in [0.1, 0.15) is 10.4 Å². The average molecular weight is 300 g/mol. The molecule has 1 aromatic carbocycles. The van der Waals surface area contributed by atoms with Crippen LogP contribution < -0.4 is 16.2 Å². The second-order valence-electron chi connectivity index (χ2n) is 4.15. The quantitative estimate of drug-likeness (QED) is 0.466. The summed E-state index contributed by atoms with van der Waals surface area (Å²) in [5, 5.41) is 11.5. The van der Waals surface area contributed by atoms with Crippen molar-refractivity contribution in [3.63, 3.8) is 0 Å². The molecule has 8 heteroatoms. The lowest BCUT2D eigenvalue weighted by Gasteiger charge is -2.08. The van der Waals surface area contributed by atoms with E-state index in [1.54, 1.807) is 0 Å². The number of phenols is 1. The first kappa shape index (κ1) is 15.0. The zero-order valence-electron chi connectivity index (χ0n) is 11.2. The van der Waals surface area contributed by atoms with Gasteiger partial charge < -0.3 is 10.4 Å². The third-order valence-corrected chi connectivity index (χ3v) is 2.54. The predicted octanol–water partition coefficient (Wildman–Crippen LogP) is 0.187. The molecule has 0 saturated carbocycles. The van der Waals surface area contributed by atoms with Gasteiger partial charge >= 0.3 is 11.8 Å². The number of aromatic nitrogens is 1.